The van der Waals surface area contributed by atoms with Crippen molar-refractivity contribution >= 4 is 46.6 Å². The van der Waals surface area contributed by atoms with Gasteiger partial charge < -0.3 is 10.6 Å². The molecule has 2 heterocycles. The molecule has 0 saturated carbocycles. The Morgan fingerprint density at radius 2 is 2.06 bits per heavy atom. The number of thioether (sulfide) groups is 1. The molecule has 2 N–H and O–H groups in total. The smallest absolute Gasteiger partial charge is 0.149 e. The van der Waals surface area contributed by atoms with Gasteiger partial charge in [-0.05, 0) is 12.5 Å². The van der Waals surface area contributed by atoms with Crippen molar-refractivity contribution in [2.24, 2.45) is 0 Å². The van der Waals surface area contributed by atoms with Gasteiger partial charge in [-0.3, -0.25) is 0 Å². The van der Waals surface area contributed by atoms with Crippen molar-refractivity contribution in [1.82, 2.24) is 4.98 Å². The first-order valence-corrected chi connectivity index (χ1v) is 7.64. The molecule has 1 fully saturated rings. The first kappa shape index (κ1) is 14.1. The third-order valence-corrected chi connectivity index (χ3v) is 5.03. The molecule has 0 amide bonds. The molecule has 0 aromatic carbocycles. The minimum Gasteiger partial charge on any atom is -0.382 e. The summed E-state index contributed by atoms with van der Waals surface area (Å²) in [7, 11) is 0. The predicted molar refractivity (Wildman–Crippen MR) is 82.0 cm³/mol. The first-order valence-electron chi connectivity index (χ1n) is 5.89. The Morgan fingerprint density at radius 1 is 1.33 bits per heavy atom. The number of halogens is 2. The number of nitrogens with zero attached hydrogens (tertiary/aromatic N) is 2. The van der Waals surface area contributed by atoms with Crippen molar-refractivity contribution in [3.8, 4) is 0 Å². The van der Waals surface area contributed by atoms with Gasteiger partial charge in [0.1, 0.15) is 11.6 Å². The molecule has 2 rings (SSSR count). The topological polar surface area (TPSA) is 42.2 Å². The standard InChI is InChI=1S/C12H17Cl2N3S/c1-12(2)3-4-17(5-6-18-12)11-9(14)7-8(13)10(15)16-11/h7H,3-6H2,1-2H3,(H2,15,16). The summed E-state index contributed by atoms with van der Waals surface area (Å²) in [6, 6.07) is 1.67. The van der Waals surface area contributed by atoms with Gasteiger partial charge >= 0.3 is 0 Å². The summed E-state index contributed by atoms with van der Waals surface area (Å²) in [4.78, 5) is 6.51. The first-order chi connectivity index (χ1) is 8.39. The van der Waals surface area contributed by atoms with Crippen molar-refractivity contribution < 1.29 is 0 Å². The number of hydrogen-bond acceptors (Lipinski definition) is 4. The average molecular weight is 306 g/mol. The van der Waals surface area contributed by atoms with Crippen LogP contribution < -0.4 is 10.6 Å². The predicted octanol–water partition coefficient (Wildman–Crippen LogP) is 3.69. The Morgan fingerprint density at radius 3 is 2.78 bits per heavy atom. The lowest BCUT2D eigenvalue weighted by atomic mass is 10.1. The van der Waals surface area contributed by atoms with Crippen LogP contribution in [0.5, 0.6) is 0 Å². The van der Waals surface area contributed by atoms with E-state index in [-0.39, 0.29) is 0 Å². The van der Waals surface area contributed by atoms with Crippen molar-refractivity contribution in [3.63, 3.8) is 0 Å². The maximum atomic E-state index is 6.21. The number of anilines is 2. The molecule has 0 spiro atoms. The number of nitrogen functional groups attached to an aromatic ring is 1. The third kappa shape index (κ3) is 3.16. The van der Waals surface area contributed by atoms with E-state index in [0.29, 0.717) is 20.6 Å². The van der Waals surface area contributed by atoms with E-state index in [4.69, 9.17) is 28.9 Å². The highest BCUT2D eigenvalue weighted by atomic mass is 35.5. The fraction of sp³-hybridized carbons (Fsp3) is 0.583. The van der Waals surface area contributed by atoms with Gasteiger partial charge in [0.05, 0.1) is 10.0 Å². The molecule has 0 atom stereocenters. The van der Waals surface area contributed by atoms with Crippen LogP contribution in [0.3, 0.4) is 0 Å². The van der Waals surface area contributed by atoms with Gasteiger partial charge in [0.15, 0.2) is 0 Å². The molecule has 0 bridgehead atoms. The molecule has 100 valence electrons. The second-order valence-electron chi connectivity index (χ2n) is 5.01. The lowest BCUT2D eigenvalue weighted by Crippen LogP contribution is -2.28. The zero-order valence-corrected chi connectivity index (χ0v) is 12.9. The summed E-state index contributed by atoms with van der Waals surface area (Å²) in [6.45, 7) is 6.41. The van der Waals surface area contributed by atoms with E-state index in [1.54, 1.807) is 6.07 Å². The zero-order valence-electron chi connectivity index (χ0n) is 10.5. The minimum absolute atomic E-state index is 0.305. The Balaban J connectivity index is 2.24. The number of nitrogens with two attached hydrogens (primary N) is 1. The van der Waals surface area contributed by atoms with Crippen LogP contribution in [0.1, 0.15) is 20.3 Å². The van der Waals surface area contributed by atoms with E-state index in [0.717, 1.165) is 31.1 Å². The highest BCUT2D eigenvalue weighted by Gasteiger charge is 2.25. The summed E-state index contributed by atoms with van der Waals surface area (Å²) in [5.41, 5.74) is 5.75. The van der Waals surface area contributed by atoms with Gasteiger partial charge in [0.2, 0.25) is 0 Å². The SMILES string of the molecule is CC1(C)CCN(c2nc(N)c(Cl)cc2Cl)CCS1. The molecule has 1 aliphatic heterocycles. The highest BCUT2D eigenvalue weighted by molar-refractivity contribution is 8.00. The molecule has 0 unspecified atom stereocenters. The van der Waals surface area contributed by atoms with Crippen LogP contribution >= 0.6 is 35.0 Å². The summed E-state index contributed by atoms with van der Waals surface area (Å²) >= 11 is 14.1. The van der Waals surface area contributed by atoms with Gasteiger partial charge in [-0.15, -0.1) is 0 Å². The summed E-state index contributed by atoms with van der Waals surface area (Å²) < 4.78 is 0.305. The Kier molecular flexibility index (Phi) is 4.19. The van der Waals surface area contributed by atoms with Crippen LogP contribution in [-0.2, 0) is 0 Å². The van der Waals surface area contributed by atoms with Gasteiger partial charge in [0, 0.05) is 23.6 Å². The molecule has 1 aromatic rings. The maximum Gasteiger partial charge on any atom is 0.149 e. The second-order valence-corrected chi connectivity index (χ2v) is 7.62. The van der Waals surface area contributed by atoms with Crippen LogP contribution in [0.4, 0.5) is 11.6 Å². The van der Waals surface area contributed by atoms with Gasteiger partial charge in [-0.25, -0.2) is 4.98 Å². The normalized spacial score (nSPS) is 19.7. The molecular weight excluding hydrogens is 289 g/mol. The Labute approximate surface area is 122 Å². The van der Waals surface area contributed by atoms with Crippen molar-refractivity contribution in [2.45, 2.75) is 25.0 Å². The maximum absolute atomic E-state index is 6.21. The third-order valence-electron chi connectivity index (χ3n) is 3.08. The Hall–Kier alpha value is -0.320. The summed E-state index contributed by atoms with van der Waals surface area (Å²) in [6.07, 6.45) is 1.10. The summed E-state index contributed by atoms with van der Waals surface area (Å²) in [5, 5.41) is 0.979. The van der Waals surface area contributed by atoms with Crippen LogP contribution in [0, 0.1) is 0 Å². The molecular formula is C12H17Cl2N3S. The monoisotopic (exact) mass is 305 g/mol. The second kappa shape index (κ2) is 5.35. The molecule has 1 aliphatic rings. The average Bonchev–Trinajstić information content (AvgIpc) is 2.45. The highest BCUT2D eigenvalue weighted by Crippen LogP contribution is 2.35. The van der Waals surface area contributed by atoms with Gasteiger partial charge in [-0.1, -0.05) is 37.0 Å². The number of pyridine rings is 1. The van der Waals surface area contributed by atoms with Crippen LogP contribution in [0.25, 0.3) is 0 Å². The lowest BCUT2D eigenvalue weighted by Gasteiger charge is -2.24. The summed E-state index contributed by atoms with van der Waals surface area (Å²) in [5.74, 6) is 2.15. The van der Waals surface area contributed by atoms with Crippen molar-refractivity contribution in [2.75, 3.05) is 29.5 Å². The molecule has 0 aliphatic carbocycles. The van der Waals surface area contributed by atoms with Crippen LogP contribution in [0.15, 0.2) is 6.07 Å². The van der Waals surface area contributed by atoms with Crippen LogP contribution in [-0.4, -0.2) is 28.6 Å². The fourth-order valence-electron chi connectivity index (χ4n) is 1.92. The fourth-order valence-corrected chi connectivity index (χ4v) is 3.50. The van der Waals surface area contributed by atoms with E-state index in [2.05, 4.69) is 23.7 Å². The van der Waals surface area contributed by atoms with Crippen LogP contribution in [0.2, 0.25) is 10.0 Å². The minimum atomic E-state index is 0.305. The number of hydrogen-bond donors (Lipinski definition) is 1. The molecule has 1 aromatic heterocycles. The van der Waals surface area contributed by atoms with Crippen molar-refractivity contribution in [1.29, 1.82) is 0 Å². The van der Waals surface area contributed by atoms with E-state index >= 15 is 0 Å². The largest absolute Gasteiger partial charge is 0.382 e. The van der Waals surface area contributed by atoms with Gasteiger partial charge in [0.25, 0.3) is 0 Å². The van der Waals surface area contributed by atoms with Crippen molar-refractivity contribution in [3.05, 3.63) is 16.1 Å². The molecule has 3 nitrogen and oxygen atoms in total. The van der Waals surface area contributed by atoms with Gasteiger partial charge in [-0.2, -0.15) is 11.8 Å². The lowest BCUT2D eigenvalue weighted by molar-refractivity contribution is 0.635. The zero-order chi connectivity index (χ0) is 13.3. The number of aromatic nitrogens is 1. The molecule has 0 radical (unpaired) electrons. The van der Waals surface area contributed by atoms with E-state index in [9.17, 15) is 0 Å². The van der Waals surface area contributed by atoms with E-state index in [1.807, 2.05) is 11.8 Å². The quantitative estimate of drug-likeness (QED) is 0.859. The molecule has 1 saturated heterocycles. The molecule has 18 heavy (non-hydrogen) atoms. The Bertz CT molecular complexity index is 451. The van der Waals surface area contributed by atoms with E-state index in [1.165, 1.54) is 0 Å². The molecule has 6 heteroatoms. The van der Waals surface area contributed by atoms with E-state index < -0.39 is 0 Å². The number of rotatable bonds is 1.